The average molecular weight is 378 g/mol. The number of aromatic amines is 1. The van der Waals surface area contributed by atoms with E-state index >= 15 is 0 Å². The van der Waals surface area contributed by atoms with E-state index in [2.05, 4.69) is 15.5 Å². The first-order valence-corrected chi connectivity index (χ1v) is 8.98. The molecule has 0 saturated heterocycles. The van der Waals surface area contributed by atoms with Crippen LogP contribution in [0.25, 0.3) is 0 Å². The number of nitrogens with one attached hydrogen (secondary N) is 2. The van der Waals surface area contributed by atoms with E-state index in [-0.39, 0.29) is 12.1 Å². The molecule has 0 fully saturated rings. The molecule has 1 atom stereocenters. The minimum absolute atomic E-state index is 0.227. The summed E-state index contributed by atoms with van der Waals surface area (Å²) in [6.07, 6.45) is -0.625. The van der Waals surface area contributed by atoms with Gasteiger partial charge in [-0.25, -0.2) is 0 Å². The van der Waals surface area contributed by atoms with Gasteiger partial charge in [-0.05, 0) is 51.0 Å². The predicted molar refractivity (Wildman–Crippen MR) is 104 cm³/mol. The first-order chi connectivity index (χ1) is 12.3. The van der Waals surface area contributed by atoms with Crippen LogP contribution in [0, 0.1) is 18.5 Å². The van der Waals surface area contributed by atoms with Crippen molar-refractivity contribution in [3.63, 3.8) is 0 Å². The molecule has 1 unspecified atom stereocenters. The van der Waals surface area contributed by atoms with Gasteiger partial charge in [0.2, 0.25) is 5.88 Å². The summed E-state index contributed by atoms with van der Waals surface area (Å²) < 4.78 is 11.9. The van der Waals surface area contributed by atoms with Crippen LogP contribution in [0.3, 0.4) is 0 Å². The zero-order valence-corrected chi connectivity index (χ0v) is 16.5. The average Bonchev–Trinajstić information content (AvgIpc) is 2.61. The summed E-state index contributed by atoms with van der Waals surface area (Å²) >= 11 is 4.95. The predicted octanol–water partition coefficient (Wildman–Crippen LogP) is 2.94. The van der Waals surface area contributed by atoms with Gasteiger partial charge in [0.25, 0.3) is 0 Å². The molecule has 6 nitrogen and oxygen atoms in total. The summed E-state index contributed by atoms with van der Waals surface area (Å²) in [6, 6.07) is 9.36. The molecule has 0 saturated carbocycles. The van der Waals surface area contributed by atoms with E-state index in [0.29, 0.717) is 23.7 Å². The first kappa shape index (κ1) is 20.4. The van der Waals surface area contributed by atoms with E-state index in [1.54, 1.807) is 12.1 Å². The fourth-order valence-corrected chi connectivity index (χ4v) is 2.35. The third-order valence-corrected chi connectivity index (χ3v) is 4.26. The summed E-state index contributed by atoms with van der Waals surface area (Å²) in [5.74, 6) is 1.28. The highest BCUT2D eigenvalue weighted by molar-refractivity contribution is 7.71. The van der Waals surface area contributed by atoms with Crippen molar-refractivity contribution in [2.75, 3.05) is 19.8 Å². The van der Waals surface area contributed by atoms with Gasteiger partial charge in [-0.1, -0.05) is 24.4 Å². The number of hydrogen-bond donors (Lipinski definition) is 3. The zero-order chi connectivity index (χ0) is 19.2. The number of nitrogens with zero attached hydrogens (tertiary/aromatic N) is 1. The fourth-order valence-electron chi connectivity index (χ4n) is 2.24. The van der Waals surface area contributed by atoms with Gasteiger partial charge in [0, 0.05) is 18.2 Å². The number of aliphatic hydroxyl groups excluding tert-OH is 1. The van der Waals surface area contributed by atoms with Crippen LogP contribution < -0.4 is 14.8 Å². The molecule has 26 heavy (non-hydrogen) atoms. The lowest BCUT2D eigenvalue weighted by Gasteiger charge is -2.27. The molecule has 3 N–H and O–H groups in total. The number of ether oxygens (including phenoxy) is 2. The van der Waals surface area contributed by atoms with E-state index in [4.69, 9.17) is 21.7 Å². The lowest BCUT2D eigenvalue weighted by atomic mass is 10.1. The molecule has 0 aliphatic carbocycles. The van der Waals surface area contributed by atoms with E-state index in [9.17, 15) is 5.11 Å². The minimum Gasteiger partial charge on any atom is -0.491 e. The molecule has 1 heterocycles. The maximum absolute atomic E-state index is 10.2. The molecule has 142 valence electrons. The van der Waals surface area contributed by atoms with Gasteiger partial charge in [0.05, 0.1) is 0 Å². The number of hydrogen-bond acceptors (Lipinski definition) is 6. The van der Waals surface area contributed by atoms with Crippen molar-refractivity contribution in [1.29, 1.82) is 0 Å². The number of β-amino-alcohol motifs (C(OH)–C–C–N with tert-alkyl or cyclic N) is 1. The SMILES string of the molecule is Cc1cccc(OCC(O)CNC(C)(C)COc2ccc(=S)[nH]n2)c1C. The second kappa shape index (κ2) is 9.12. The fraction of sp³-hybridized carbons (Fsp3) is 0.474. The summed E-state index contributed by atoms with van der Waals surface area (Å²) in [6.45, 7) is 9.07. The highest BCUT2D eigenvalue weighted by Gasteiger charge is 2.20. The molecular weight excluding hydrogens is 350 g/mol. The van der Waals surface area contributed by atoms with Crippen LogP contribution >= 0.6 is 12.2 Å². The van der Waals surface area contributed by atoms with E-state index in [0.717, 1.165) is 11.3 Å². The summed E-state index contributed by atoms with van der Waals surface area (Å²) in [5.41, 5.74) is 1.92. The van der Waals surface area contributed by atoms with Gasteiger partial charge in [0.1, 0.15) is 29.7 Å². The van der Waals surface area contributed by atoms with Crippen LogP contribution in [-0.2, 0) is 0 Å². The Labute approximate surface area is 159 Å². The summed E-state index contributed by atoms with van der Waals surface area (Å²) in [4.78, 5) is 0. The van der Waals surface area contributed by atoms with Crippen molar-refractivity contribution in [1.82, 2.24) is 15.5 Å². The third-order valence-electron chi connectivity index (χ3n) is 4.04. The Balaban J connectivity index is 1.76. The van der Waals surface area contributed by atoms with Crippen molar-refractivity contribution < 1.29 is 14.6 Å². The van der Waals surface area contributed by atoms with Gasteiger partial charge >= 0.3 is 0 Å². The van der Waals surface area contributed by atoms with Crippen LogP contribution in [0.5, 0.6) is 11.6 Å². The van der Waals surface area contributed by atoms with Gasteiger partial charge < -0.3 is 19.9 Å². The number of H-pyrrole nitrogens is 1. The maximum Gasteiger partial charge on any atom is 0.231 e. The highest BCUT2D eigenvalue weighted by Crippen LogP contribution is 2.20. The van der Waals surface area contributed by atoms with E-state index in [1.807, 2.05) is 45.9 Å². The monoisotopic (exact) mass is 377 g/mol. The standard InChI is InChI=1S/C19H27N3O3S/c1-13-6-5-7-16(14(13)2)24-11-15(23)10-20-19(3,4)12-25-17-8-9-18(26)22-21-17/h5-9,15,20,23H,10-12H2,1-4H3,(H,22,26). The molecule has 0 aliphatic rings. The molecule has 0 bridgehead atoms. The number of aryl methyl sites for hydroxylation is 1. The first-order valence-electron chi connectivity index (χ1n) is 8.57. The second-order valence-corrected chi connectivity index (χ2v) is 7.42. The zero-order valence-electron chi connectivity index (χ0n) is 15.7. The number of benzene rings is 1. The quantitative estimate of drug-likeness (QED) is 0.583. The highest BCUT2D eigenvalue weighted by atomic mass is 32.1. The Kier molecular flexibility index (Phi) is 7.14. The van der Waals surface area contributed by atoms with Crippen LogP contribution in [0.2, 0.25) is 0 Å². The van der Waals surface area contributed by atoms with Crippen LogP contribution in [0.15, 0.2) is 30.3 Å². The third kappa shape index (κ3) is 6.40. The molecule has 0 radical (unpaired) electrons. The molecule has 1 aromatic heterocycles. The molecule has 2 aromatic rings. The molecule has 2 rings (SSSR count). The largest absolute Gasteiger partial charge is 0.491 e. The summed E-state index contributed by atoms with van der Waals surface area (Å²) in [5, 5.41) is 20.2. The lowest BCUT2D eigenvalue weighted by Crippen LogP contribution is -2.48. The van der Waals surface area contributed by atoms with Gasteiger partial charge in [-0.2, -0.15) is 0 Å². The van der Waals surface area contributed by atoms with E-state index < -0.39 is 6.10 Å². The smallest absolute Gasteiger partial charge is 0.231 e. The molecule has 0 amide bonds. The summed E-state index contributed by atoms with van der Waals surface area (Å²) in [7, 11) is 0. The Morgan fingerprint density at radius 1 is 1.23 bits per heavy atom. The van der Waals surface area contributed by atoms with Crippen molar-refractivity contribution in [2.45, 2.75) is 39.3 Å². The van der Waals surface area contributed by atoms with Crippen molar-refractivity contribution in [3.8, 4) is 11.6 Å². The number of rotatable bonds is 9. The Hall–Kier alpha value is -1.96. The molecule has 7 heteroatoms. The van der Waals surface area contributed by atoms with Gasteiger partial charge in [-0.3, -0.25) is 5.10 Å². The topological polar surface area (TPSA) is 79.4 Å². The molecule has 1 aromatic carbocycles. The number of aliphatic hydroxyl groups is 1. The van der Waals surface area contributed by atoms with E-state index in [1.165, 1.54) is 5.56 Å². The Morgan fingerprint density at radius 3 is 2.69 bits per heavy atom. The second-order valence-electron chi connectivity index (χ2n) is 6.98. The van der Waals surface area contributed by atoms with Gasteiger partial charge in [0.15, 0.2) is 0 Å². The lowest BCUT2D eigenvalue weighted by molar-refractivity contribution is 0.0919. The van der Waals surface area contributed by atoms with Gasteiger partial charge in [-0.15, -0.1) is 5.10 Å². The van der Waals surface area contributed by atoms with Crippen LogP contribution in [0.1, 0.15) is 25.0 Å². The van der Waals surface area contributed by atoms with Crippen molar-refractivity contribution in [3.05, 3.63) is 46.1 Å². The number of aromatic nitrogens is 2. The molecular formula is C19H27N3O3S. The van der Waals surface area contributed by atoms with Crippen molar-refractivity contribution in [2.24, 2.45) is 0 Å². The minimum atomic E-state index is -0.625. The Bertz CT molecular complexity index is 756. The van der Waals surface area contributed by atoms with Crippen molar-refractivity contribution >= 4 is 12.2 Å². The normalized spacial score (nSPS) is 12.7. The Morgan fingerprint density at radius 2 is 2.00 bits per heavy atom. The molecule has 0 aliphatic heterocycles. The van der Waals surface area contributed by atoms with Crippen LogP contribution in [0.4, 0.5) is 0 Å². The van der Waals surface area contributed by atoms with Crippen LogP contribution in [-0.4, -0.2) is 46.7 Å². The maximum atomic E-state index is 10.2. The molecule has 0 spiro atoms.